The molecule has 1 nitrogen and oxygen atoms in total. The van der Waals surface area contributed by atoms with Crippen LogP contribution in [-0.2, 0) is 0 Å². The van der Waals surface area contributed by atoms with Crippen LogP contribution in [0.15, 0.2) is 41.4 Å². The van der Waals surface area contributed by atoms with Gasteiger partial charge in [-0.2, -0.15) is 0 Å². The molecule has 94 valence electrons. The van der Waals surface area contributed by atoms with E-state index in [4.69, 9.17) is 16.6 Å². The van der Waals surface area contributed by atoms with E-state index in [1.165, 1.54) is 24.3 Å². The lowest BCUT2D eigenvalue weighted by molar-refractivity contribution is 0.460. The first kappa shape index (κ1) is 12.3. The maximum atomic E-state index is 5.88. The highest BCUT2D eigenvalue weighted by molar-refractivity contribution is 8.14. The second-order valence-electron chi connectivity index (χ2n) is 4.87. The number of hydrogen-bond donors (Lipinski definition) is 0. The lowest BCUT2D eigenvalue weighted by Gasteiger charge is -2.32. The molecule has 0 bridgehead atoms. The van der Waals surface area contributed by atoms with Crippen LogP contribution in [-0.4, -0.2) is 10.3 Å². The first-order valence-corrected chi connectivity index (χ1v) is 7.73. The van der Waals surface area contributed by atoms with Crippen molar-refractivity contribution in [2.24, 2.45) is 10.9 Å². The summed E-state index contributed by atoms with van der Waals surface area (Å²) in [5.74, 6) is 0.865. The summed E-state index contributed by atoms with van der Waals surface area (Å²) >= 11 is 7.83. The molecule has 1 fully saturated rings. The minimum absolute atomic E-state index is 0.651. The Morgan fingerprint density at radius 2 is 2.00 bits per heavy atom. The number of aliphatic imine (C=N–C) groups is 1. The van der Waals surface area contributed by atoms with Crippen LogP contribution in [0.1, 0.15) is 25.7 Å². The van der Waals surface area contributed by atoms with Gasteiger partial charge in [-0.05, 0) is 55.9 Å². The smallest absolute Gasteiger partial charge is 0.0744 e. The average Bonchev–Trinajstić information content (AvgIpc) is 2.41. The Kier molecular flexibility index (Phi) is 3.76. The summed E-state index contributed by atoms with van der Waals surface area (Å²) in [7, 11) is 0. The first-order valence-electron chi connectivity index (χ1n) is 6.48. The number of nitrogens with zero attached hydrogens (tertiary/aromatic N) is 1. The predicted molar refractivity (Wildman–Crippen MR) is 81.0 cm³/mol. The quantitative estimate of drug-likeness (QED) is 0.640. The molecule has 1 heterocycles. The lowest BCUT2D eigenvalue weighted by atomic mass is 9.89. The summed E-state index contributed by atoms with van der Waals surface area (Å²) in [6.45, 7) is 0. The number of allylic oxidation sites excluding steroid dienone is 1. The van der Waals surface area contributed by atoms with Gasteiger partial charge in [0.25, 0.3) is 0 Å². The highest BCUT2D eigenvalue weighted by atomic mass is 35.5. The molecule has 1 aliphatic carbocycles. The Bertz CT molecular complexity index is 478. The van der Waals surface area contributed by atoms with E-state index in [9.17, 15) is 0 Å². The maximum Gasteiger partial charge on any atom is 0.0744 e. The zero-order chi connectivity index (χ0) is 12.4. The monoisotopic (exact) mass is 277 g/mol. The summed E-state index contributed by atoms with van der Waals surface area (Å²) in [5.41, 5.74) is 1.01. The Balaban J connectivity index is 1.75. The third kappa shape index (κ3) is 2.81. The van der Waals surface area contributed by atoms with E-state index < -0.39 is 0 Å². The van der Waals surface area contributed by atoms with Crippen LogP contribution in [0.4, 0.5) is 5.69 Å². The molecule has 0 aromatic heterocycles. The summed E-state index contributed by atoms with van der Waals surface area (Å²) in [6, 6.07) is 7.77. The summed E-state index contributed by atoms with van der Waals surface area (Å²) in [4.78, 5) is 4.74. The first-order chi connectivity index (χ1) is 8.81. The van der Waals surface area contributed by atoms with Crippen molar-refractivity contribution in [3.8, 4) is 0 Å². The van der Waals surface area contributed by atoms with Gasteiger partial charge in [-0.15, -0.1) is 11.8 Å². The van der Waals surface area contributed by atoms with Crippen LogP contribution in [0.3, 0.4) is 0 Å². The van der Waals surface area contributed by atoms with E-state index >= 15 is 0 Å². The van der Waals surface area contributed by atoms with Crippen molar-refractivity contribution < 1.29 is 0 Å². The molecule has 1 aromatic carbocycles. The molecule has 1 aromatic rings. The van der Waals surface area contributed by atoms with Gasteiger partial charge in [-0.3, -0.25) is 0 Å². The summed E-state index contributed by atoms with van der Waals surface area (Å²) < 4.78 is 0. The van der Waals surface area contributed by atoms with Crippen LogP contribution >= 0.6 is 23.4 Å². The Labute approximate surface area is 117 Å². The van der Waals surface area contributed by atoms with Crippen molar-refractivity contribution in [1.29, 1.82) is 0 Å². The molecular formula is C15H16ClNS. The number of benzene rings is 1. The normalized spacial score (nSPS) is 29.3. The van der Waals surface area contributed by atoms with Gasteiger partial charge in [0, 0.05) is 10.3 Å². The molecule has 0 radical (unpaired) electrons. The standard InChI is InChI=1S/C15H16ClNS/c16-12-6-8-13(9-7-12)17-15-10-5-11-3-1-2-4-14(11)18-15/h2,4,6-9,11,14H,1,3,5,10H2. The Morgan fingerprint density at radius 3 is 2.83 bits per heavy atom. The van der Waals surface area contributed by atoms with Crippen molar-refractivity contribution in [3.63, 3.8) is 0 Å². The molecule has 1 saturated heterocycles. The molecule has 2 atom stereocenters. The minimum atomic E-state index is 0.651. The Morgan fingerprint density at radius 1 is 1.17 bits per heavy atom. The molecule has 2 aliphatic rings. The molecule has 0 N–H and O–H groups in total. The minimum Gasteiger partial charge on any atom is -0.247 e. The van der Waals surface area contributed by atoms with Crippen LogP contribution in [0, 0.1) is 5.92 Å². The number of fused-ring (bicyclic) bond motifs is 1. The van der Waals surface area contributed by atoms with Gasteiger partial charge in [-0.1, -0.05) is 23.8 Å². The molecule has 0 saturated carbocycles. The molecule has 2 unspecified atom stereocenters. The Hall–Kier alpha value is -0.730. The predicted octanol–water partition coefficient (Wildman–Crippen LogP) is 5.23. The highest BCUT2D eigenvalue weighted by Crippen LogP contribution is 2.39. The topological polar surface area (TPSA) is 12.4 Å². The van der Waals surface area contributed by atoms with E-state index in [0.717, 1.165) is 23.0 Å². The van der Waals surface area contributed by atoms with Gasteiger partial charge in [0.1, 0.15) is 0 Å². The highest BCUT2D eigenvalue weighted by Gasteiger charge is 2.28. The number of thioether (sulfide) groups is 1. The molecule has 0 spiro atoms. The average molecular weight is 278 g/mol. The molecule has 18 heavy (non-hydrogen) atoms. The molecular weight excluding hydrogens is 262 g/mol. The number of hydrogen-bond acceptors (Lipinski definition) is 2. The van der Waals surface area contributed by atoms with E-state index in [0.29, 0.717) is 5.25 Å². The lowest BCUT2D eigenvalue weighted by Crippen LogP contribution is -2.25. The van der Waals surface area contributed by atoms with Gasteiger partial charge in [0.05, 0.1) is 10.7 Å². The van der Waals surface area contributed by atoms with Crippen LogP contribution < -0.4 is 0 Å². The second kappa shape index (κ2) is 5.50. The van der Waals surface area contributed by atoms with E-state index in [2.05, 4.69) is 12.2 Å². The van der Waals surface area contributed by atoms with Crippen molar-refractivity contribution in [2.75, 3.05) is 0 Å². The fraction of sp³-hybridized carbons (Fsp3) is 0.400. The maximum absolute atomic E-state index is 5.88. The second-order valence-corrected chi connectivity index (χ2v) is 6.56. The van der Waals surface area contributed by atoms with Gasteiger partial charge in [-0.25, -0.2) is 4.99 Å². The van der Waals surface area contributed by atoms with Crippen molar-refractivity contribution >= 4 is 34.1 Å². The van der Waals surface area contributed by atoms with Crippen LogP contribution in [0.25, 0.3) is 0 Å². The van der Waals surface area contributed by atoms with Crippen molar-refractivity contribution in [3.05, 3.63) is 41.4 Å². The fourth-order valence-corrected chi connectivity index (χ4v) is 4.06. The third-order valence-corrected chi connectivity index (χ3v) is 5.21. The van der Waals surface area contributed by atoms with E-state index in [1.807, 2.05) is 36.0 Å². The van der Waals surface area contributed by atoms with Gasteiger partial charge in [0.15, 0.2) is 0 Å². The fourth-order valence-electron chi connectivity index (χ4n) is 2.57. The van der Waals surface area contributed by atoms with Gasteiger partial charge >= 0.3 is 0 Å². The van der Waals surface area contributed by atoms with E-state index in [1.54, 1.807) is 0 Å². The summed E-state index contributed by atoms with van der Waals surface area (Å²) in [5, 5.41) is 2.69. The number of rotatable bonds is 1. The van der Waals surface area contributed by atoms with Crippen LogP contribution in [0.5, 0.6) is 0 Å². The SMILES string of the molecule is Clc1ccc(N=C2CCC3CCC=CC3S2)cc1. The zero-order valence-electron chi connectivity index (χ0n) is 10.2. The summed E-state index contributed by atoms with van der Waals surface area (Å²) in [6.07, 6.45) is 9.71. The molecule has 1 aliphatic heterocycles. The number of halogens is 1. The van der Waals surface area contributed by atoms with Crippen LogP contribution in [0.2, 0.25) is 5.02 Å². The van der Waals surface area contributed by atoms with Gasteiger partial charge in [0.2, 0.25) is 0 Å². The zero-order valence-corrected chi connectivity index (χ0v) is 11.8. The molecule has 0 amide bonds. The van der Waals surface area contributed by atoms with Crippen molar-refractivity contribution in [1.82, 2.24) is 0 Å². The molecule has 3 heteroatoms. The van der Waals surface area contributed by atoms with E-state index in [-0.39, 0.29) is 0 Å². The van der Waals surface area contributed by atoms with Crippen molar-refractivity contribution in [2.45, 2.75) is 30.9 Å². The van der Waals surface area contributed by atoms with Gasteiger partial charge < -0.3 is 0 Å². The largest absolute Gasteiger partial charge is 0.247 e. The molecule has 3 rings (SSSR count). The third-order valence-electron chi connectivity index (χ3n) is 3.58.